The zero-order chi connectivity index (χ0) is 13.8. The van der Waals surface area contributed by atoms with E-state index in [1.165, 1.54) is 6.07 Å². The molecule has 2 aromatic carbocycles. The van der Waals surface area contributed by atoms with Crippen LogP contribution >= 0.6 is 0 Å². The molecule has 0 saturated heterocycles. The normalized spacial score (nSPS) is 13.9. The molecule has 100 valence electrons. The van der Waals surface area contributed by atoms with Crippen LogP contribution in [-0.2, 0) is 0 Å². The van der Waals surface area contributed by atoms with E-state index >= 15 is 0 Å². The lowest BCUT2D eigenvalue weighted by molar-refractivity contribution is 0.226. The van der Waals surface area contributed by atoms with Gasteiger partial charge in [0.25, 0.3) is 0 Å². The minimum Gasteiger partial charge on any atom is -0.486 e. The largest absolute Gasteiger partial charge is 0.486 e. The Labute approximate surface area is 113 Å². The summed E-state index contributed by atoms with van der Waals surface area (Å²) in [5.41, 5.74) is 7.23. The second kappa shape index (κ2) is 5.85. The average Bonchev–Trinajstić information content (AvgIpc) is 2.39. The second-order valence-corrected chi connectivity index (χ2v) is 4.64. The predicted octanol–water partition coefficient (Wildman–Crippen LogP) is 3.99. The van der Waals surface area contributed by atoms with Crippen LogP contribution in [0.15, 0.2) is 48.5 Å². The first-order valence-electron chi connectivity index (χ1n) is 6.34. The monoisotopic (exact) mass is 259 g/mol. The fraction of sp³-hybridized carbons (Fsp3) is 0.250. The van der Waals surface area contributed by atoms with Crippen LogP contribution in [0, 0.1) is 5.82 Å². The van der Waals surface area contributed by atoms with Crippen molar-refractivity contribution < 1.29 is 9.13 Å². The summed E-state index contributed by atoms with van der Waals surface area (Å²) in [6.07, 6.45) is -0.123. The molecule has 2 aromatic rings. The van der Waals surface area contributed by atoms with Crippen molar-refractivity contribution in [2.45, 2.75) is 26.0 Å². The molecular weight excluding hydrogens is 241 g/mol. The summed E-state index contributed by atoms with van der Waals surface area (Å²) in [5, 5.41) is 0. The quantitative estimate of drug-likeness (QED) is 0.901. The van der Waals surface area contributed by atoms with Gasteiger partial charge in [-0.15, -0.1) is 0 Å². The highest BCUT2D eigenvalue weighted by Gasteiger charge is 2.11. The molecule has 2 atom stereocenters. The molecule has 0 bridgehead atoms. The summed E-state index contributed by atoms with van der Waals surface area (Å²) in [5.74, 6) is 0.186. The Bertz CT molecular complexity index is 540. The number of rotatable bonds is 4. The molecule has 0 aliphatic heterocycles. The van der Waals surface area contributed by atoms with Gasteiger partial charge in [0.1, 0.15) is 17.7 Å². The van der Waals surface area contributed by atoms with Gasteiger partial charge in [0.15, 0.2) is 0 Å². The molecule has 0 saturated carbocycles. The lowest BCUT2D eigenvalue weighted by Crippen LogP contribution is -2.08. The van der Waals surface area contributed by atoms with Gasteiger partial charge in [-0.3, -0.25) is 0 Å². The van der Waals surface area contributed by atoms with Crippen molar-refractivity contribution in [1.82, 2.24) is 0 Å². The summed E-state index contributed by atoms with van der Waals surface area (Å²) >= 11 is 0. The van der Waals surface area contributed by atoms with E-state index < -0.39 is 0 Å². The zero-order valence-electron chi connectivity index (χ0n) is 11.1. The van der Waals surface area contributed by atoms with Crippen LogP contribution in [0.1, 0.15) is 37.1 Å². The van der Waals surface area contributed by atoms with Crippen LogP contribution < -0.4 is 10.5 Å². The molecule has 2 N–H and O–H groups in total. The lowest BCUT2D eigenvalue weighted by atomic mass is 10.1. The highest BCUT2D eigenvalue weighted by atomic mass is 19.1. The van der Waals surface area contributed by atoms with Crippen molar-refractivity contribution in [2.75, 3.05) is 0 Å². The van der Waals surface area contributed by atoms with Gasteiger partial charge in [-0.2, -0.15) is 0 Å². The fourth-order valence-corrected chi connectivity index (χ4v) is 1.95. The van der Waals surface area contributed by atoms with Crippen LogP contribution in [0.4, 0.5) is 4.39 Å². The zero-order valence-corrected chi connectivity index (χ0v) is 11.1. The standard InChI is InChI=1S/C16H18FNO/c1-11(18)15-9-8-14(10-16(15)17)19-12(2)13-6-4-3-5-7-13/h3-12H,18H2,1-2H3/t11-,12?/m1/s1. The van der Waals surface area contributed by atoms with Crippen molar-refractivity contribution in [3.8, 4) is 5.75 Å². The molecule has 19 heavy (non-hydrogen) atoms. The first kappa shape index (κ1) is 13.6. The summed E-state index contributed by atoms with van der Waals surface area (Å²) in [6.45, 7) is 3.69. The molecule has 0 heterocycles. The Kier molecular flexibility index (Phi) is 4.17. The molecule has 2 rings (SSSR count). The molecule has 0 amide bonds. The Morgan fingerprint density at radius 2 is 1.74 bits per heavy atom. The molecule has 3 heteroatoms. The fourth-order valence-electron chi connectivity index (χ4n) is 1.95. The maximum Gasteiger partial charge on any atom is 0.131 e. The Balaban J connectivity index is 2.14. The van der Waals surface area contributed by atoms with E-state index in [9.17, 15) is 4.39 Å². The molecule has 1 unspecified atom stereocenters. The number of hydrogen-bond acceptors (Lipinski definition) is 2. The third kappa shape index (κ3) is 3.32. The number of benzene rings is 2. The van der Waals surface area contributed by atoms with Crippen LogP contribution in [0.25, 0.3) is 0 Å². The van der Waals surface area contributed by atoms with Crippen LogP contribution in [0.3, 0.4) is 0 Å². The molecule has 0 fully saturated rings. The highest BCUT2D eigenvalue weighted by molar-refractivity contribution is 5.31. The van der Waals surface area contributed by atoms with E-state index in [-0.39, 0.29) is 18.0 Å². The number of halogens is 1. The van der Waals surface area contributed by atoms with Crippen molar-refractivity contribution in [1.29, 1.82) is 0 Å². The second-order valence-electron chi connectivity index (χ2n) is 4.64. The van der Waals surface area contributed by atoms with E-state index in [0.717, 1.165) is 5.56 Å². The van der Waals surface area contributed by atoms with Gasteiger partial charge in [-0.05, 0) is 25.5 Å². The van der Waals surface area contributed by atoms with Gasteiger partial charge in [0.2, 0.25) is 0 Å². The SMILES string of the molecule is CC(Oc1ccc([C@@H](C)N)c(F)c1)c1ccccc1. The van der Waals surface area contributed by atoms with Gasteiger partial charge in [0.05, 0.1) is 0 Å². The first-order valence-corrected chi connectivity index (χ1v) is 6.34. The maximum absolute atomic E-state index is 13.8. The van der Waals surface area contributed by atoms with Gasteiger partial charge in [-0.1, -0.05) is 36.4 Å². The van der Waals surface area contributed by atoms with E-state index in [4.69, 9.17) is 10.5 Å². The summed E-state index contributed by atoms with van der Waals surface area (Å²) in [4.78, 5) is 0. The van der Waals surface area contributed by atoms with Crippen molar-refractivity contribution in [2.24, 2.45) is 5.73 Å². The number of hydrogen-bond donors (Lipinski definition) is 1. The minimum absolute atomic E-state index is 0.123. The van der Waals surface area contributed by atoms with Gasteiger partial charge in [0, 0.05) is 17.7 Å². The molecular formula is C16H18FNO. The van der Waals surface area contributed by atoms with Gasteiger partial charge in [-0.25, -0.2) is 4.39 Å². The lowest BCUT2D eigenvalue weighted by Gasteiger charge is -2.16. The minimum atomic E-state index is -0.326. The molecule has 0 aromatic heterocycles. The molecule has 0 aliphatic carbocycles. The van der Waals surface area contributed by atoms with E-state index in [1.807, 2.05) is 37.3 Å². The summed E-state index contributed by atoms with van der Waals surface area (Å²) in [7, 11) is 0. The van der Waals surface area contributed by atoms with Crippen LogP contribution in [0.2, 0.25) is 0 Å². The third-order valence-electron chi connectivity index (χ3n) is 3.04. The third-order valence-corrected chi connectivity index (χ3v) is 3.04. The van der Waals surface area contributed by atoms with Crippen molar-refractivity contribution in [3.05, 3.63) is 65.5 Å². The van der Waals surface area contributed by atoms with Crippen LogP contribution in [-0.4, -0.2) is 0 Å². The van der Waals surface area contributed by atoms with Crippen molar-refractivity contribution >= 4 is 0 Å². The highest BCUT2D eigenvalue weighted by Crippen LogP contribution is 2.25. The molecule has 0 spiro atoms. The van der Waals surface area contributed by atoms with Gasteiger partial charge < -0.3 is 10.5 Å². The molecule has 0 radical (unpaired) electrons. The average molecular weight is 259 g/mol. The molecule has 2 nitrogen and oxygen atoms in total. The summed E-state index contributed by atoms with van der Waals surface area (Å²) in [6, 6.07) is 14.3. The Hall–Kier alpha value is -1.87. The topological polar surface area (TPSA) is 35.2 Å². The molecule has 0 aliphatic rings. The van der Waals surface area contributed by atoms with E-state index in [1.54, 1.807) is 19.1 Å². The predicted molar refractivity (Wildman–Crippen MR) is 74.5 cm³/mol. The van der Waals surface area contributed by atoms with Crippen molar-refractivity contribution in [3.63, 3.8) is 0 Å². The maximum atomic E-state index is 13.8. The van der Waals surface area contributed by atoms with E-state index in [2.05, 4.69) is 0 Å². The number of nitrogens with two attached hydrogens (primary N) is 1. The Morgan fingerprint density at radius 1 is 1.05 bits per heavy atom. The smallest absolute Gasteiger partial charge is 0.131 e. The Morgan fingerprint density at radius 3 is 2.32 bits per heavy atom. The summed E-state index contributed by atoms with van der Waals surface area (Å²) < 4.78 is 19.5. The number of ether oxygens (including phenoxy) is 1. The van der Waals surface area contributed by atoms with E-state index in [0.29, 0.717) is 11.3 Å². The van der Waals surface area contributed by atoms with Crippen LogP contribution in [0.5, 0.6) is 5.75 Å². The first-order chi connectivity index (χ1) is 9.08. The van der Waals surface area contributed by atoms with Gasteiger partial charge >= 0.3 is 0 Å².